The fourth-order valence-electron chi connectivity index (χ4n) is 2.13. The number of para-hydroxylation sites is 2. The van der Waals surface area contributed by atoms with E-state index in [2.05, 4.69) is 22.2 Å². The lowest BCUT2D eigenvalue weighted by atomic mass is 10.3. The van der Waals surface area contributed by atoms with E-state index >= 15 is 0 Å². The van der Waals surface area contributed by atoms with Crippen molar-refractivity contribution in [3.8, 4) is 5.75 Å². The summed E-state index contributed by atoms with van der Waals surface area (Å²) in [7, 11) is 0. The summed E-state index contributed by atoms with van der Waals surface area (Å²) in [6, 6.07) is 8.79. The Morgan fingerprint density at radius 3 is 2.85 bits per heavy atom. The standard InChI is InChI=1S/C18H23N3O3S2/c1-4-24-15-9-7-6-8-14(15)20-17(23)12(3)26-18-19-13(11-25-5-2)10-16(22)21-18/h6-10,12H,4-5,11H2,1-3H3,(H,20,23)(H,19,21,22). The average molecular weight is 394 g/mol. The zero-order valence-electron chi connectivity index (χ0n) is 15.1. The molecule has 26 heavy (non-hydrogen) atoms. The minimum absolute atomic E-state index is 0.182. The van der Waals surface area contributed by atoms with Crippen LogP contribution >= 0.6 is 23.5 Å². The number of anilines is 1. The maximum Gasteiger partial charge on any atom is 0.251 e. The van der Waals surface area contributed by atoms with Gasteiger partial charge in [0.2, 0.25) is 5.91 Å². The summed E-state index contributed by atoms with van der Waals surface area (Å²) in [4.78, 5) is 31.4. The molecular formula is C18H23N3O3S2. The van der Waals surface area contributed by atoms with Gasteiger partial charge in [-0.2, -0.15) is 11.8 Å². The molecule has 0 saturated carbocycles. The Morgan fingerprint density at radius 1 is 1.35 bits per heavy atom. The molecule has 2 rings (SSSR count). The lowest BCUT2D eigenvalue weighted by Gasteiger charge is -2.14. The van der Waals surface area contributed by atoms with Gasteiger partial charge >= 0.3 is 0 Å². The summed E-state index contributed by atoms with van der Waals surface area (Å²) in [6.45, 7) is 6.24. The van der Waals surface area contributed by atoms with Crippen LogP contribution in [0.2, 0.25) is 0 Å². The van der Waals surface area contributed by atoms with E-state index in [-0.39, 0.29) is 11.5 Å². The Balaban J connectivity index is 2.05. The van der Waals surface area contributed by atoms with E-state index in [1.807, 2.05) is 25.1 Å². The van der Waals surface area contributed by atoms with Gasteiger partial charge in [0.05, 0.1) is 23.2 Å². The third-order valence-corrected chi connectivity index (χ3v) is 5.22. The van der Waals surface area contributed by atoms with Gasteiger partial charge in [0.15, 0.2) is 5.16 Å². The van der Waals surface area contributed by atoms with Crippen LogP contribution in [0.4, 0.5) is 5.69 Å². The summed E-state index contributed by atoms with van der Waals surface area (Å²) in [5.41, 5.74) is 1.14. The Morgan fingerprint density at radius 2 is 2.12 bits per heavy atom. The second-order valence-electron chi connectivity index (χ2n) is 5.36. The summed E-state index contributed by atoms with van der Waals surface area (Å²) in [5, 5.41) is 2.89. The van der Waals surface area contributed by atoms with Gasteiger partial charge in [-0.3, -0.25) is 9.59 Å². The predicted molar refractivity (Wildman–Crippen MR) is 108 cm³/mol. The minimum Gasteiger partial charge on any atom is -0.492 e. The molecule has 1 heterocycles. The number of carbonyl (C=O) groups excluding carboxylic acids is 1. The molecule has 1 unspecified atom stereocenters. The van der Waals surface area contributed by atoms with Gasteiger partial charge in [0, 0.05) is 11.8 Å². The summed E-state index contributed by atoms with van der Waals surface area (Å²) < 4.78 is 5.52. The molecule has 0 radical (unpaired) electrons. The molecule has 1 aromatic heterocycles. The fourth-order valence-corrected chi connectivity index (χ4v) is 3.52. The molecule has 0 saturated heterocycles. The lowest BCUT2D eigenvalue weighted by Crippen LogP contribution is -2.23. The number of hydrogen-bond donors (Lipinski definition) is 2. The van der Waals surface area contributed by atoms with Gasteiger partial charge in [-0.25, -0.2) is 4.98 Å². The Bertz CT molecular complexity index is 795. The molecule has 0 fully saturated rings. The monoisotopic (exact) mass is 393 g/mol. The molecule has 2 aromatic rings. The number of amides is 1. The highest BCUT2D eigenvalue weighted by Crippen LogP contribution is 2.26. The Labute approximate surface area is 161 Å². The molecule has 0 spiro atoms. The van der Waals surface area contributed by atoms with Crippen molar-refractivity contribution in [2.45, 2.75) is 36.9 Å². The predicted octanol–water partition coefficient (Wildman–Crippen LogP) is 3.54. The molecule has 6 nitrogen and oxygen atoms in total. The number of hydrogen-bond acceptors (Lipinski definition) is 6. The van der Waals surface area contributed by atoms with Crippen molar-refractivity contribution in [2.24, 2.45) is 0 Å². The van der Waals surface area contributed by atoms with Crippen LogP contribution in [-0.4, -0.2) is 33.5 Å². The number of H-pyrrole nitrogens is 1. The van der Waals surface area contributed by atoms with Gasteiger partial charge in [0.25, 0.3) is 5.56 Å². The molecule has 0 aliphatic rings. The number of benzene rings is 1. The second kappa shape index (κ2) is 10.3. The van der Waals surface area contributed by atoms with Gasteiger partial charge < -0.3 is 15.0 Å². The molecule has 1 aromatic carbocycles. The summed E-state index contributed by atoms with van der Waals surface area (Å²) in [5.74, 6) is 2.08. The Kier molecular flexibility index (Phi) is 8.06. The van der Waals surface area contributed by atoms with Crippen molar-refractivity contribution < 1.29 is 9.53 Å². The van der Waals surface area contributed by atoms with Gasteiger partial charge in [0.1, 0.15) is 5.75 Å². The number of thioether (sulfide) groups is 2. The third kappa shape index (κ3) is 6.10. The van der Waals surface area contributed by atoms with Crippen LogP contribution in [0.3, 0.4) is 0 Å². The SMILES string of the molecule is CCOc1ccccc1NC(=O)C(C)Sc1nc(CSCC)cc(=O)[nH]1. The number of carbonyl (C=O) groups is 1. The normalized spacial score (nSPS) is 11.8. The minimum atomic E-state index is -0.429. The van der Waals surface area contributed by atoms with E-state index < -0.39 is 5.25 Å². The maximum atomic E-state index is 12.5. The molecule has 1 amide bonds. The molecule has 140 valence electrons. The molecule has 0 aliphatic heterocycles. The van der Waals surface area contributed by atoms with Crippen molar-refractivity contribution in [2.75, 3.05) is 17.7 Å². The molecular weight excluding hydrogens is 370 g/mol. The van der Waals surface area contributed by atoms with Crippen molar-refractivity contribution in [1.29, 1.82) is 0 Å². The highest BCUT2D eigenvalue weighted by atomic mass is 32.2. The van der Waals surface area contributed by atoms with Crippen LogP contribution < -0.4 is 15.6 Å². The summed E-state index contributed by atoms with van der Waals surface area (Å²) >= 11 is 2.92. The molecule has 2 N–H and O–H groups in total. The highest BCUT2D eigenvalue weighted by molar-refractivity contribution is 8.00. The van der Waals surface area contributed by atoms with Crippen molar-refractivity contribution in [3.63, 3.8) is 0 Å². The quantitative estimate of drug-likeness (QED) is 0.501. The van der Waals surface area contributed by atoms with Gasteiger partial charge in [-0.15, -0.1) is 0 Å². The van der Waals surface area contributed by atoms with E-state index in [4.69, 9.17) is 4.74 Å². The van der Waals surface area contributed by atoms with E-state index in [1.54, 1.807) is 24.8 Å². The summed E-state index contributed by atoms with van der Waals surface area (Å²) in [6.07, 6.45) is 0. The molecule has 0 bridgehead atoms. The average Bonchev–Trinajstić information content (AvgIpc) is 2.61. The Hall–Kier alpha value is -1.93. The second-order valence-corrected chi connectivity index (χ2v) is 7.96. The van der Waals surface area contributed by atoms with Crippen LogP contribution in [0, 0.1) is 0 Å². The van der Waals surface area contributed by atoms with Crippen molar-refractivity contribution >= 4 is 35.1 Å². The number of nitrogens with one attached hydrogen (secondary N) is 2. The number of rotatable bonds is 9. The van der Waals surface area contributed by atoms with Gasteiger partial charge in [-0.05, 0) is 31.7 Å². The van der Waals surface area contributed by atoms with Crippen molar-refractivity contribution in [3.05, 3.63) is 46.4 Å². The highest BCUT2D eigenvalue weighted by Gasteiger charge is 2.18. The fraction of sp³-hybridized carbons (Fsp3) is 0.389. The number of nitrogens with zero attached hydrogens (tertiary/aromatic N) is 1. The number of aromatic nitrogens is 2. The lowest BCUT2D eigenvalue weighted by molar-refractivity contribution is -0.115. The van der Waals surface area contributed by atoms with Crippen LogP contribution in [0.15, 0.2) is 40.3 Å². The van der Waals surface area contributed by atoms with E-state index in [0.29, 0.717) is 29.0 Å². The smallest absolute Gasteiger partial charge is 0.251 e. The first-order chi connectivity index (χ1) is 12.5. The van der Waals surface area contributed by atoms with E-state index in [1.165, 1.54) is 17.8 Å². The molecule has 1 atom stereocenters. The number of ether oxygens (including phenoxy) is 1. The first-order valence-electron chi connectivity index (χ1n) is 8.40. The zero-order chi connectivity index (χ0) is 18.9. The van der Waals surface area contributed by atoms with E-state index in [0.717, 1.165) is 11.4 Å². The zero-order valence-corrected chi connectivity index (χ0v) is 16.7. The largest absolute Gasteiger partial charge is 0.492 e. The first kappa shape index (κ1) is 20.4. The van der Waals surface area contributed by atoms with Crippen LogP contribution in [0.25, 0.3) is 0 Å². The van der Waals surface area contributed by atoms with E-state index in [9.17, 15) is 9.59 Å². The van der Waals surface area contributed by atoms with Crippen LogP contribution in [0.1, 0.15) is 26.5 Å². The molecule has 8 heteroatoms. The maximum absolute atomic E-state index is 12.5. The van der Waals surface area contributed by atoms with Crippen molar-refractivity contribution in [1.82, 2.24) is 9.97 Å². The molecule has 0 aliphatic carbocycles. The topological polar surface area (TPSA) is 84.1 Å². The first-order valence-corrected chi connectivity index (χ1v) is 10.4. The van der Waals surface area contributed by atoms with Crippen LogP contribution in [-0.2, 0) is 10.5 Å². The third-order valence-electron chi connectivity index (χ3n) is 3.33. The number of aromatic amines is 1. The van der Waals surface area contributed by atoms with Crippen LogP contribution in [0.5, 0.6) is 5.75 Å². The van der Waals surface area contributed by atoms with Gasteiger partial charge in [-0.1, -0.05) is 30.8 Å².